The first kappa shape index (κ1) is 20.1. The van der Waals surface area contributed by atoms with Crippen molar-refractivity contribution in [3.63, 3.8) is 0 Å². The van der Waals surface area contributed by atoms with Crippen LogP contribution in [-0.4, -0.2) is 15.0 Å². The van der Waals surface area contributed by atoms with Gasteiger partial charge in [-0.25, -0.2) is 13.8 Å². The van der Waals surface area contributed by atoms with Gasteiger partial charge in [-0.1, -0.05) is 17.7 Å². The molecule has 6 nitrogen and oxygen atoms in total. The molecule has 0 bridgehead atoms. The number of rotatable bonds is 4. The molecular weight excluding hydrogens is 429 g/mol. The van der Waals surface area contributed by atoms with Gasteiger partial charge in [0.05, 0.1) is 11.2 Å². The summed E-state index contributed by atoms with van der Waals surface area (Å²) in [5.41, 5.74) is 0.562. The van der Waals surface area contributed by atoms with E-state index in [0.29, 0.717) is 32.2 Å². The van der Waals surface area contributed by atoms with Crippen LogP contribution in [-0.2, 0) is 11.3 Å². The highest BCUT2D eigenvalue weighted by Gasteiger charge is 2.18. The molecule has 0 spiro atoms. The number of aryl methyl sites for hydroxylation is 1. The number of aromatic nitrogens is 2. The lowest BCUT2D eigenvalue weighted by atomic mass is 10.2. The number of hydrogen-bond acceptors (Lipinski definition) is 4. The van der Waals surface area contributed by atoms with Crippen molar-refractivity contribution >= 4 is 44.7 Å². The van der Waals surface area contributed by atoms with E-state index in [9.17, 15) is 18.8 Å². The fourth-order valence-corrected chi connectivity index (χ4v) is 4.19. The zero-order valence-corrected chi connectivity index (χ0v) is 17.3. The van der Waals surface area contributed by atoms with Crippen LogP contribution < -0.4 is 16.6 Å². The van der Waals surface area contributed by atoms with Gasteiger partial charge in [-0.15, -0.1) is 11.3 Å². The van der Waals surface area contributed by atoms with Gasteiger partial charge in [0, 0.05) is 10.7 Å². The Bertz CT molecular complexity index is 1410. The van der Waals surface area contributed by atoms with Crippen molar-refractivity contribution in [2.75, 3.05) is 5.32 Å². The lowest BCUT2D eigenvalue weighted by Gasteiger charge is -2.13. The molecule has 2 aromatic heterocycles. The van der Waals surface area contributed by atoms with E-state index in [1.165, 1.54) is 40.2 Å². The van der Waals surface area contributed by atoms with Crippen LogP contribution in [0.15, 0.2) is 63.5 Å². The van der Waals surface area contributed by atoms with E-state index in [4.69, 9.17) is 11.6 Å². The maximum atomic E-state index is 13.3. The summed E-state index contributed by atoms with van der Waals surface area (Å²) in [6, 6.07) is 12.0. The van der Waals surface area contributed by atoms with Crippen molar-refractivity contribution in [1.29, 1.82) is 0 Å². The number of amides is 1. The first-order chi connectivity index (χ1) is 14.3. The van der Waals surface area contributed by atoms with E-state index in [2.05, 4.69) is 5.32 Å². The minimum atomic E-state index is -0.654. The van der Waals surface area contributed by atoms with Gasteiger partial charge in [0.25, 0.3) is 5.56 Å². The SMILES string of the molecule is Cc1cc(F)ccc1NC(=O)Cn1c(=O)n(-c2cccc(Cl)c2)c(=O)c2sccc21. The van der Waals surface area contributed by atoms with Crippen LogP contribution in [0.2, 0.25) is 5.02 Å². The molecule has 0 aliphatic carbocycles. The Labute approximate surface area is 178 Å². The highest BCUT2D eigenvalue weighted by molar-refractivity contribution is 7.17. The van der Waals surface area contributed by atoms with E-state index in [1.54, 1.807) is 36.6 Å². The molecule has 0 saturated carbocycles. The zero-order valence-electron chi connectivity index (χ0n) is 15.7. The van der Waals surface area contributed by atoms with Gasteiger partial charge in [-0.05, 0) is 60.3 Å². The second-order valence-electron chi connectivity index (χ2n) is 6.63. The fraction of sp³-hybridized carbons (Fsp3) is 0.0952. The molecule has 4 aromatic rings. The smallest absolute Gasteiger partial charge is 0.324 e. The van der Waals surface area contributed by atoms with Crippen LogP contribution >= 0.6 is 22.9 Å². The van der Waals surface area contributed by atoms with Gasteiger partial charge < -0.3 is 5.32 Å². The summed E-state index contributed by atoms with van der Waals surface area (Å²) in [4.78, 5) is 38.7. The lowest BCUT2D eigenvalue weighted by molar-refractivity contribution is -0.116. The summed E-state index contributed by atoms with van der Waals surface area (Å²) in [6.07, 6.45) is 0. The van der Waals surface area contributed by atoms with E-state index >= 15 is 0 Å². The predicted molar refractivity (Wildman–Crippen MR) is 116 cm³/mol. The minimum Gasteiger partial charge on any atom is -0.324 e. The fourth-order valence-electron chi connectivity index (χ4n) is 3.18. The van der Waals surface area contributed by atoms with E-state index in [-0.39, 0.29) is 6.54 Å². The van der Waals surface area contributed by atoms with Crippen molar-refractivity contribution in [2.24, 2.45) is 0 Å². The molecule has 1 N–H and O–H groups in total. The number of fused-ring (bicyclic) bond motifs is 1. The summed E-state index contributed by atoms with van der Waals surface area (Å²) in [5, 5.41) is 4.75. The van der Waals surface area contributed by atoms with Gasteiger partial charge >= 0.3 is 5.69 Å². The van der Waals surface area contributed by atoms with Crippen LogP contribution in [0, 0.1) is 12.7 Å². The summed E-state index contributed by atoms with van der Waals surface area (Å²) in [7, 11) is 0. The molecule has 0 aliphatic heterocycles. The first-order valence-corrected chi connectivity index (χ1v) is 10.2. The number of benzene rings is 2. The topological polar surface area (TPSA) is 73.1 Å². The summed E-state index contributed by atoms with van der Waals surface area (Å²) >= 11 is 7.21. The van der Waals surface area contributed by atoms with Crippen molar-refractivity contribution in [1.82, 2.24) is 9.13 Å². The molecule has 4 rings (SSSR count). The number of nitrogens with one attached hydrogen (secondary N) is 1. The third kappa shape index (κ3) is 3.67. The predicted octanol–water partition coefficient (Wildman–Crippen LogP) is 3.95. The van der Waals surface area contributed by atoms with Crippen molar-refractivity contribution < 1.29 is 9.18 Å². The zero-order chi connectivity index (χ0) is 21.4. The minimum absolute atomic E-state index is 0.316. The average molecular weight is 444 g/mol. The first-order valence-electron chi connectivity index (χ1n) is 8.90. The summed E-state index contributed by atoms with van der Waals surface area (Å²) in [6.45, 7) is 1.35. The largest absolute Gasteiger partial charge is 0.336 e. The Morgan fingerprint density at radius 2 is 1.97 bits per heavy atom. The molecule has 2 heterocycles. The number of anilines is 1. The normalized spacial score (nSPS) is 11.0. The van der Waals surface area contributed by atoms with Crippen molar-refractivity contribution in [2.45, 2.75) is 13.5 Å². The second-order valence-corrected chi connectivity index (χ2v) is 7.98. The highest BCUT2D eigenvalue weighted by atomic mass is 35.5. The number of carbonyl (C=O) groups excluding carboxylic acids is 1. The molecule has 1 amide bonds. The second kappa shape index (κ2) is 7.89. The number of hydrogen-bond donors (Lipinski definition) is 1. The molecule has 0 aliphatic rings. The molecule has 0 atom stereocenters. The molecule has 9 heteroatoms. The van der Waals surface area contributed by atoms with Crippen molar-refractivity contribution in [3.05, 3.63) is 91.2 Å². The molecule has 152 valence electrons. The van der Waals surface area contributed by atoms with Crippen LogP contribution in [0.1, 0.15) is 5.56 Å². The van der Waals surface area contributed by atoms with E-state index in [1.807, 2.05) is 0 Å². The molecule has 2 aromatic carbocycles. The van der Waals surface area contributed by atoms with Crippen LogP contribution in [0.25, 0.3) is 15.9 Å². The molecule has 0 fully saturated rings. The summed E-state index contributed by atoms with van der Waals surface area (Å²) in [5.74, 6) is -0.883. The van der Waals surface area contributed by atoms with Gasteiger partial charge in [0.2, 0.25) is 5.91 Å². The lowest BCUT2D eigenvalue weighted by Crippen LogP contribution is -2.40. The Morgan fingerprint density at radius 1 is 1.17 bits per heavy atom. The number of nitrogens with zero attached hydrogens (tertiary/aromatic N) is 2. The number of halogens is 2. The maximum Gasteiger partial charge on any atom is 0.336 e. The van der Waals surface area contributed by atoms with Gasteiger partial charge in [-0.2, -0.15) is 0 Å². The number of thiophene rings is 1. The molecule has 0 saturated heterocycles. The Hall–Kier alpha value is -3.23. The molecule has 0 unspecified atom stereocenters. The molecule has 0 radical (unpaired) electrons. The van der Waals surface area contributed by atoms with Gasteiger partial charge in [0.15, 0.2) is 0 Å². The van der Waals surface area contributed by atoms with E-state index in [0.717, 1.165) is 4.57 Å². The molecule has 30 heavy (non-hydrogen) atoms. The monoisotopic (exact) mass is 443 g/mol. The van der Waals surface area contributed by atoms with Gasteiger partial charge in [-0.3, -0.25) is 14.2 Å². The average Bonchev–Trinajstić information content (AvgIpc) is 3.18. The Morgan fingerprint density at radius 3 is 2.70 bits per heavy atom. The highest BCUT2D eigenvalue weighted by Crippen LogP contribution is 2.19. The molecular formula is C21H15ClFN3O3S. The summed E-state index contributed by atoms with van der Waals surface area (Å²) < 4.78 is 15.9. The standard InChI is InChI=1S/C21H15ClFN3O3S/c1-12-9-14(23)5-6-16(12)24-18(27)11-25-17-7-8-30-19(17)20(28)26(21(25)29)15-4-2-3-13(22)10-15/h2-10H,11H2,1H3,(H,24,27). The van der Waals surface area contributed by atoms with Crippen molar-refractivity contribution in [3.8, 4) is 5.69 Å². The van der Waals surface area contributed by atoms with Crippen LogP contribution in [0.4, 0.5) is 10.1 Å². The van der Waals surface area contributed by atoms with Crippen LogP contribution in [0.3, 0.4) is 0 Å². The third-order valence-electron chi connectivity index (χ3n) is 4.59. The quantitative estimate of drug-likeness (QED) is 0.519. The third-order valence-corrected chi connectivity index (χ3v) is 5.71. The van der Waals surface area contributed by atoms with Crippen LogP contribution in [0.5, 0.6) is 0 Å². The Kier molecular flexibility index (Phi) is 5.27. The maximum absolute atomic E-state index is 13.3. The number of carbonyl (C=O) groups is 1. The van der Waals surface area contributed by atoms with Gasteiger partial charge in [0.1, 0.15) is 17.1 Å². The van der Waals surface area contributed by atoms with E-state index < -0.39 is 23.0 Å². The Balaban J connectivity index is 1.79.